The molecule has 0 aromatic carbocycles. The number of carbonyl (C=O) groups excluding carboxylic acids is 3. The van der Waals surface area contributed by atoms with Gasteiger partial charge in [0, 0.05) is 18.3 Å². The zero-order valence-corrected chi connectivity index (χ0v) is 19.0. The Labute approximate surface area is 184 Å². The summed E-state index contributed by atoms with van der Waals surface area (Å²) in [4.78, 5) is 36.8. The smallest absolute Gasteiger partial charge is 0.306 e. The summed E-state index contributed by atoms with van der Waals surface area (Å²) in [6.45, 7) is 5.59. The molecule has 4 aliphatic rings. The summed E-state index contributed by atoms with van der Waals surface area (Å²) in [5, 5.41) is 23.0. The standard InChI is InChI=1S/C25H36O6/c1-4-5-21(29)31-14-20(28)25(30)11-9-18-17-7-6-15-12-16(26)8-10-23(15,2)22(17)19(27)13-24(18,25)3/h12,17-19,22,27,30H,4-11,13-14H2,1-3H3/t17-,18-,19+,22+,23-,24-,25+/m0/s1. The largest absolute Gasteiger partial charge is 0.458 e. The zero-order valence-electron chi connectivity index (χ0n) is 19.0. The molecule has 7 atom stereocenters. The summed E-state index contributed by atoms with van der Waals surface area (Å²) in [7, 11) is 0. The number of ketones is 2. The quantitative estimate of drug-likeness (QED) is 0.648. The predicted molar refractivity (Wildman–Crippen MR) is 114 cm³/mol. The van der Waals surface area contributed by atoms with E-state index in [1.54, 1.807) is 6.08 Å². The molecule has 0 spiro atoms. The van der Waals surface area contributed by atoms with E-state index in [2.05, 4.69) is 6.92 Å². The van der Waals surface area contributed by atoms with E-state index in [0.717, 1.165) is 25.7 Å². The van der Waals surface area contributed by atoms with Crippen LogP contribution in [0.25, 0.3) is 0 Å². The number of rotatable bonds is 5. The molecule has 4 rings (SSSR count). The second kappa shape index (κ2) is 7.80. The number of aliphatic hydroxyl groups excluding tert-OH is 1. The predicted octanol–water partition coefficient (Wildman–Crippen LogP) is 3.13. The number of allylic oxidation sites excluding steroid dienone is 1. The van der Waals surface area contributed by atoms with Crippen LogP contribution in [-0.2, 0) is 19.1 Å². The van der Waals surface area contributed by atoms with Crippen molar-refractivity contribution in [3.05, 3.63) is 11.6 Å². The zero-order chi connectivity index (χ0) is 22.6. The van der Waals surface area contributed by atoms with Crippen molar-refractivity contribution < 1.29 is 29.3 Å². The molecule has 0 aliphatic heterocycles. The number of esters is 1. The van der Waals surface area contributed by atoms with Gasteiger partial charge in [-0.1, -0.05) is 26.3 Å². The van der Waals surface area contributed by atoms with Gasteiger partial charge in [0.25, 0.3) is 0 Å². The lowest BCUT2D eigenvalue weighted by Crippen LogP contribution is -2.62. The van der Waals surface area contributed by atoms with Crippen LogP contribution in [0.3, 0.4) is 0 Å². The van der Waals surface area contributed by atoms with Crippen LogP contribution >= 0.6 is 0 Å². The molecule has 31 heavy (non-hydrogen) atoms. The highest BCUT2D eigenvalue weighted by Gasteiger charge is 2.68. The van der Waals surface area contributed by atoms with Crippen molar-refractivity contribution in [1.82, 2.24) is 0 Å². The molecule has 0 bridgehead atoms. The van der Waals surface area contributed by atoms with Crippen LogP contribution in [0.15, 0.2) is 11.6 Å². The van der Waals surface area contributed by atoms with Gasteiger partial charge in [0.1, 0.15) is 5.60 Å². The highest BCUT2D eigenvalue weighted by atomic mass is 16.5. The number of Topliss-reactive ketones (excluding diaryl/α,β-unsaturated/α-hetero) is 1. The second-order valence-electron chi connectivity index (χ2n) is 10.8. The minimum Gasteiger partial charge on any atom is -0.458 e. The third-order valence-electron chi connectivity index (χ3n) is 9.33. The highest BCUT2D eigenvalue weighted by Crippen LogP contribution is 2.67. The summed E-state index contributed by atoms with van der Waals surface area (Å²) in [5.74, 6) is -0.323. The van der Waals surface area contributed by atoms with Crippen LogP contribution in [0.2, 0.25) is 0 Å². The number of ether oxygens (including phenoxy) is 1. The van der Waals surface area contributed by atoms with Crippen LogP contribution in [0.1, 0.15) is 78.6 Å². The topological polar surface area (TPSA) is 101 Å². The molecule has 0 saturated heterocycles. The normalized spacial score (nSPS) is 44.0. The Morgan fingerprint density at radius 3 is 2.65 bits per heavy atom. The minimum absolute atomic E-state index is 0.0403. The summed E-state index contributed by atoms with van der Waals surface area (Å²) >= 11 is 0. The monoisotopic (exact) mass is 432 g/mol. The van der Waals surface area contributed by atoms with Gasteiger partial charge in [0.2, 0.25) is 5.78 Å². The van der Waals surface area contributed by atoms with E-state index in [1.165, 1.54) is 5.57 Å². The van der Waals surface area contributed by atoms with Crippen molar-refractivity contribution in [2.24, 2.45) is 28.6 Å². The lowest BCUT2D eigenvalue weighted by Gasteiger charge is -2.60. The van der Waals surface area contributed by atoms with E-state index in [-0.39, 0.29) is 35.4 Å². The first-order valence-electron chi connectivity index (χ1n) is 11.9. The van der Waals surface area contributed by atoms with Crippen LogP contribution in [0.4, 0.5) is 0 Å². The lowest BCUT2D eigenvalue weighted by atomic mass is 9.45. The van der Waals surface area contributed by atoms with Crippen molar-refractivity contribution in [1.29, 1.82) is 0 Å². The maximum atomic E-state index is 13.1. The average Bonchev–Trinajstić information content (AvgIpc) is 2.98. The lowest BCUT2D eigenvalue weighted by molar-refractivity contribution is -0.184. The Kier molecular flexibility index (Phi) is 5.70. The van der Waals surface area contributed by atoms with E-state index in [0.29, 0.717) is 25.7 Å². The number of fused-ring (bicyclic) bond motifs is 5. The molecule has 3 saturated carbocycles. The van der Waals surface area contributed by atoms with Crippen LogP contribution in [0, 0.1) is 28.6 Å². The van der Waals surface area contributed by atoms with Gasteiger partial charge in [-0.05, 0) is 74.2 Å². The average molecular weight is 433 g/mol. The third-order valence-corrected chi connectivity index (χ3v) is 9.33. The van der Waals surface area contributed by atoms with Crippen molar-refractivity contribution >= 4 is 17.5 Å². The fourth-order valence-electron chi connectivity index (χ4n) is 7.69. The molecule has 0 heterocycles. The molecule has 0 radical (unpaired) electrons. The van der Waals surface area contributed by atoms with Crippen LogP contribution in [0.5, 0.6) is 0 Å². The molecule has 0 unspecified atom stereocenters. The van der Waals surface area contributed by atoms with E-state index in [1.807, 2.05) is 13.8 Å². The first-order chi connectivity index (χ1) is 14.6. The fraction of sp³-hybridized carbons (Fsp3) is 0.800. The van der Waals surface area contributed by atoms with Gasteiger partial charge >= 0.3 is 5.97 Å². The Balaban J connectivity index is 1.59. The van der Waals surface area contributed by atoms with Crippen molar-refractivity contribution in [2.45, 2.75) is 90.3 Å². The first kappa shape index (κ1) is 22.7. The van der Waals surface area contributed by atoms with E-state index in [4.69, 9.17) is 4.74 Å². The Hall–Kier alpha value is -1.53. The number of aliphatic hydroxyl groups is 2. The van der Waals surface area contributed by atoms with Gasteiger partial charge in [-0.2, -0.15) is 0 Å². The van der Waals surface area contributed by atoms with E-state index >= 15 is 0 Å². The SMILES string of the molecule is CCCC(=O)OCC(=O)[C@]1(O)CC[C@H]2[C@@H]3CCC4=CC(=O)CC[C@]4(C)[C@H]3[C@H](O)C[C@@]21C. The van der Waals surface area contributed by atoms with Crippen LogP contribution < -0.4 is 0 Å². The fourth-order valence-corrected chi connectivity index (χ4v) is 7.69. The maximum absolute atomic E-state index is 13.1. The van der Waals surface area contributed by atoms with Crippen molar-refractivity contribution in [2.75, 3.05) is 6.61 Å². The molecule has 4 aliphatic carbocycles. The molecule has 0 aromatic heterocycles. The number of hydrogen-bond acceptors (Lipinski definition) is 6. The summed E-state index contributed by atoms with van der Waals surface area (Å²) in [6.07, 6.45) is 6.46. The number of hydrogen-bond donors (Lipinski definition) is 2. The van der Waals surface area contributed by atoms with Crippen LogP contribution in [-0.4, -0.2) is 46.1 Å². The summed E-state index contributed by atoms with van der Waals surface area (Å²) in [5.41, 5.74) is -1.36. The van der Waals surface area contributed by atoms with E-state index in [9.17, 15) is 24.6 Å². The van der Waals surface area contributed by atoms with Gasteiger partial charge in [0.15, 0.2) is 12.4 Å². The highest BCUT2D eigenvalue weighted by molar-refractivity contribution is 5.92. The molecule has 2 N–H and O–H groups in total. The molecule has 0 amide bonds. The summed E-state index contributed by atoms with van der Waals surface area (Å²) in [6, 6.07) is 0. The maximum Gasteiger partial charge on any atom is 0.306 e. The Morgan fingerprint density at radius 1 is 1.19 bits per heavy atom. The Bertz CT molecular complexity index is 817. The van der Waals surface area contributed by atoms with Gasteiger partial charge in [-0.15, -0.1) is 0 Å². The van der Waals surface area contributed by atoms with Crippen molar-refractivity contribution in [3.63, 3.8) is 0 Å². The molecule has 6 heteroatoms. The summed E-state index contributed by atoms with van der Waals surface area (Å²) < 4.78 is 5.13. The molecular weight excluding hydrogens is 396 g/mol. The molecule has 0 aromatic rings. The van der Waals surface area contributed by atoms with E-state index < -0.39 is 35.5 Å². The van der Waals surface area contributed by atoms with Gasteiger partial charge < -0.3 is 14.9 Å². The van der Waals surface area contributed by atoms with Gasteiger partial charge in [0.05, 0.1) is 6.10 Å². The molecular formula is C25H36O6. The molecule has 172 valence electrons. The van der Waals surface area contributed by atoms with Crippen molar-refractivity contribution in [3.8, 4) is 0 Å². The third kappa shape index (κ3) is 3.32. The van der Waals surface area contributed by atoms with Gasteiger partial charge in [-0.3, -0.25) is 14.4 Å². The second-order valence-corrected chi connectivity index (χ2v) is 10.8. The first-order valence-corrected chi connectivity index (χ1v) is 11.9. The van der Waals surface area contributed by atoms with Gasteiger partial charge in [-0.25, -0.2) is 0 Å². The minimum atomic E-state index is -1.59. The number of carbonyl (C=O) groups is 3. The molecule has 3 fully saturated rings. The molecule has 6 nitrogen and oxygen atoms in total. The Morgan fingerprint density at radius 2 is 1.94 bits per heavy atom.